The van der Waals surface area contributed by atoms with Gasteiger partial charge in [-0.05, 0) is 61.7 Å². The fourth-order valence-electron chi connectivity index (χ4n) is 5.28. The topological polar surface area (TPSA) is 33.1 Å². The van der Waals surface area contributed by atoms with E-state index in [1.807, 2.05) is 11.7 Å². The third-order valence-corrected chi connectivity index (χ3v) is 6.44. The summed E-state index contributed by atoms with van der Waals surface area (Å²) in [6.45, 7) is 0. The summed E-state index contributed by atoms with van der Waals surface area (Å²) in [4.78, 5) is 5.37. The maximum absolute atomic E-state index is 10.6. The molecule has 3 heteroatoms. The summed E-state index contributed by atoms with van der Waals surface area (Å²) in [6.07, 6.45) is 9.72. The van der Waals surface area contributed by atoms with E-state index in [1.165, 1.54) is 37.0 Å². The summed E-state index contributed by atoms with van der Waals surface area (Å²) in [5.41, 5.74) is 1.87. The van der Waals surface area contributed by atoms with Gasteiger partial charge in [-0.3, -0.25) is 4.98 Å². The summed E-state index contributed by atoms with van der Waals surface area (Å²) in [5.74, 6) is 4.23. The van der Waals surface area contributed by atoms with E-state index in [1.54, 1.807) is 11.3 Å². The molecule has 1 aromatic rings. The van der Waals surface area contributed by atoms with Gasteiger partial charge in [-0.2, -0.15) is 0 Å². The van der Waals surface area contributed by atoms with Crippen LogP contribution in [-0.4, -0.2) is 16.2 Å². The third kappa shape index (κ3) is 1.83. The summed E-state index contributed by atoms with van der Waals surface area (Å²) in [6, 6.07) is 0. The van der Waals surface area contributed by atoms with E-state index in [0.29, 0.717) is 5.92 Å². The average Bonchev–Trinajstić information content (AvgIpc) is 2.80. The van der Waals surface area contributed by atoms with Crippen LogP contribution in [0, 0.1) is 29.6 Å². The zero-order valence-electron chi connectivity index (χ0n) is 10.7. The SMILES string of the molecule is OC(Cc1cncs1)C1C2CC3CC(C2)CC1C3. The molecule has 2 nitrogen and oxygen atoms in total. The van der Waals surface area contributed by atoms with Crippen molar-refractivity contribution in [3.63, 3.8) is 0 Å². The molecule has 18 heavy (non-hydrogen) atoms. The van der Waals surface area contributed by atoms with Crippen LogP contribution in [0.3, 0.4) is 0 Å². The maximum Gasteiger partial charge on any atom is 0.0794 e. The van der Waals surface area contributed by atoms with Gasteiger partial charge in [0.1, 0.15) is 0 Å². The molecule has 4 aliphatic rings. The Kier molecular flexibility index (Phi) is 2.73. The van der Waals surface area contributed by atoms with E-state index in [0.717, 1.165) is 30.1 Å². The predicted molar refractivity (Wildman–Crippen MR) is 72.4 cm³/mol. The van der Waals surface area contributed by atoms with Crippen LogP contribution < -0.4 is 0 Å². The first-order valence-corrected chi connectivity index (χ1v) is 8.23. The average molecular weight is 263 g/mol. The molecule has 0 saturated heterocycles. The first-order valence-electron chi connectivity index (χ1n) is 7.35. The molecular formula is C15H21NOS. The van der Waals surface area contributed by atoms with Gasteiger partial charge < -0.3 is 5.11 Å². The van der Waals surface area contributed by atoms with Crippen LogP contribution in [-0.2, 0) is 6.42 Å². The summed E-state index contributed by atoms with van der Waals surface area (Å²) >= 11 is 1.68. The Morgan fingerprint density at radius 1 is 1.17 bits per heavy atom. The van der Waals surface area contributed by atoms with E-state index >= 15 is 0 Å². The van der Waals surface area contributed by atoms with Crippen LogP contribution in [0.4, 0.5) is 0 Å². The molecule has 0 spiro atoms. The van der Waals surface area contributed by atoms with Crippen molar-refractivity contribution in [2.45, 2.75) is 44.6 Å². The fourth-order valence-corrected chi connectivity index (χ4v) is 5.93. The Morgan fingerprint density at radius 2 is 1.83 bits per heavy atom. The monoisotopic (exact) mass is 263 g/mol. The summed E-state index contributed by atoms with van der Waals surface area (Å²) in [7, 11) is 0. The Balaban J connectivity index is 1.50. The number of hydrogen-bond acceptors (Lipinski definition) is 3. The zero-order chi connectivity index (χ0) is 12.1. The second-order valence-electron chi connectivity index (χ2n) is 6.75. The van der Waals surface area contributed by atoms with Gasteiger partial charge in [-0.25, -0.2) is 0 Å². The third-order valence-electron chi connectivity index (χ3n) is 5.64. The Hall–Kier alpha value is -0.410. The van der Waals surface area contributed by atoms with Gasteiger partial charge in [0.25, 0.3) is 0 Å². The largest absolute Gasteiger partial charge is 0.392 e. The highest BCUT2D eigenvalue weighted by Crippen LogP contribution is 2.57. The minimum atomic E-state index is -0.125. The Bertz CT molecular complexity index is 388. The van der Waals surface area contributed by atoms with Gasteiger partial charge in [0.05, 0.1) is 11.6 Å². The van der Waals surface area contributed by atoms with Crippen LogP contribution in [0.2, 0.25) is 0 Å². The molecule has 1 unspecified atom stereocenters. The van der Waals surface area contributed by atoms with Gasteiger partial charge >= 0.3 is 0 Å². The minimum absolute atomic E-state index is 0.125. The Morgan fingerprint density at radius 3 is 2.39 bits per heavy atom. The highest BCUT2D eigenvalue weighted by molar-refractivity contribution is 7.09. The number of aromatic nitrogens is 1. The van der Waals surface area contributed by atoms with Gasteiger partial charge in [0.2, 0.25) is 0 Å². The quantitative estimate of drug-likeness (QED) is 0.909. The predicted octanol–water partition coefficient (Wildman–Crippen LogP) is 3.12. The minimum Gasteiger partial charge on any atom is -0.392 e. The molecule has 1 heterocycles. The van der Waals surface area contributed by atoms with E-state index in [4.69, 9.17) is 0 Å². The van der Waals surface area contributed by atoms with E-state index in [2.05, 4.69) is 4.98 Å². The van der Waals surface area contributed by atoms with Crippen molar-refractivity contribution >= 4 is 11.3 Å². The fraction of sp³-hybridized carbons (Fsp3) is 0.800. The van der Waals surface area contributed by atoms with Crippen LogP contribution in [0.25, 0.3) is 0 Å². The van der Waals surface area contributed by atoms with Crippen LogP contribution >= 0.6 is 11.3 Å². The lowest BCUT2D eigenvalue weighted by Crippen LogP contribution is -2.49. The molecule has 4 aliphatic carbocycles. The standard InChI is InChI=1S/C15H21NOS/c17-14(6-13-7-16-8-18-13)15-11-2-9-1-10(4-11)5-12(15)3-9/h7-12,14-15,17H,1-6H2. The van der Waals surface area contributed by atoms with Crippen molar-refractivity contribution in [3.8, 4) is 0 Å². The van der Waals surface area contributed by atoms with Crippen LogP contribution in [0.5, 0.6) is 0 Å². The molecule has 0 aliphatic heterocycles. The van der Waals surface area contributed by atoms with E-state index in [-0.39, 0.29) is 6.10 Å². The van der Waals surface area contributed by atoms with E-state index < -0.39 is 0 Å². The first-order chi connectivity index (χ1) is 8.79. The number of nitrogens with zero attached hydrogens (tertiary/aromatic N) is 1. The van der Waals surface area contributed by atoms with Gasteiger partial charge in [-0.1, -0.05) is 0 Å². The molecule has 0 amide bonds. The van der Waals surface area contributed by atoms with Crippen molar-refractivity contribution in [2.75, 3.05) is 0 Å². The second kappa shape index (κ2) is 4.31. The smallest absolute Gasteiger partial charge is 0.0794 e. The molecule has 1 aromatic heterocycles. The maximum atomic E-state index is 10.6. The number of hydrogen-bond donors (Lipinski definition) is 1. The number of aliphatic hydroxyl groups excluding tert-OH is 1. The van der Waals surface area contributed by atoms with Crippen molar-refractivity contribution in [3.05, 3.63) is 16.6 Å². The second-order valence-corrected chi connectivity index (χ2v) is 7.72. The lowest BCUT2D eigenvalue weighted by molar-refractivity contribution is -0.0885. The van der Waals surface area contributed by atoms with E-state index in [9.17, 15) is 5.11 Å². The van der Waals surface area contributed by atoms with Gasteiger partial charge in [-0.15, -0.1) is 11.3 Å². The lowest BCUT2D eigenvalue weighted by atomic mass is 9.50. The number of rotatable bonds is 3. The molecule has 0 radical (unpaired) electrons. The van der Waals surface area contributed by atoms with Crippen LogP contribution in [0.1, 0.15) is 37.0 Å². The molecule has 1 N–H and O–H groups in total. The molecule has 4 saturated carbocycles. The van der Waals surface area contributed by atoms with Crippen molar-refractivity contribution in [2.24, 2.45) is 29.6 Å². The van der Waals surface area contributed by atoms with Gasteiger partial charge in [0, 0.05) is 17.5 Å². The molecular weight excluding hydrogens is 242 g/mol. The molecule has 98 valence electrons. The summed E-state index contributed by atoms with van der Waals surface area (Å²) in [5, 5.41) is 10.6. The van der Waals surface area contributed by atoms with Gasteiger partial charge in [0.15, 0.2) is 0 Å². The number of thiazole rings is 1. The van der Waals surface area contributed by atoms with Crippen molar-refractivity contribution in [1.29, 1.82) is 0 Å². The highest BCUT2D eigenvalue weighted by Gasteiger charge is 2.50. The number of aliphatic hydroxyl groups is 1. The van der Waals surface area contributed by atoms with Crippen molar-refractivity contribution < 1.29 is 5.11 Å². The first kappa shape index (κ1) is 11.4. The highest BCUT2D eigenvalue weighted by atomic mass is 32.1. The zero-order valence-corrected chi connectivity index (χ0v) is 11.5. The molecule has 4 fully saturated rings. The molecule has 0 aromatic carbocycles. The lowest BCUT2D eigenvalue weighted by Gasteiger charge is -2.55. The van der Waals surface area contributed by atoms with Crippen molar-refractivity contribution in [1.82, 2.24) is 4.98 Å². The Labute approximate surface area is 112 Å². The molecule has 1 atom stereocenters. The summed E-state index contributed by atoms with van der Waals surface area (Å²) < 4.78 is 0. The molecule has 5 rings (SSSR count). The van der Waals surface area contributed by atoms with Crippen LogP contribution in [0.15, 0.2) is 11.7 Å². The normalized spacial score (nSPS) is 43.3. The molecule has 4 bridgehead atoms.